The van der Waals surface area contributed by atoms with Crippen LogP contribution in [0.15, 0.2) is 194 Å². The number of benzene rings is 8. The topological polar surface area (TPSA) is 151 Å². The average molecular weight is 1530 g/mol. The van der Waals surface area contributed by atoms with Crippen LogP contribution in [0.2, 0.25) is 0 Å². The Balaban J connectivity index is 0.00000125. The minimum atomic E-state index is -1.67. The van der Waals surface area contributed by atoms with Crippen molar-refractivity contribution < 1.29 is 50.3 Å². The van der Waals surface area contributed by atoms with E-state index in [4.69, 9.17) is 15.8 Å². The summed E-state index contributed by atoms with van der Waals surface area (Å²) in [4.78, 5) is 69.2. The molecule has 9 rings (SSSR count). The van der Waals surface area contributed by atoms with Gasteiger partial charge in [0.2, 0.25) is 9.23 Å². The maximum absolute atomic E-state index is 12.6. The van der Waals surface area contributed by atoms with Crippen LogP contribution in [0.3, 0.4) is 0 Å². The van der Waals surface area contributed by atoms with E-state index >= 15 is 0 Å². The average Bonchev–Trinajstić information content (AvgIpc) is 0.813. The van der Waals surface area contributed by atoms with Crippen LogP contribution < -0.4 is 22.3 Å². The third-order valence-corrected chi connectivity index (χ3v) is 16.8. The number of piperazine rings is 1. The van der Waals surface area contributed by atoms with Crippen molar-refractivity contribution in [1.29, 1.82) is 0 Å². The Labute approximate surface area is 647 Å². The molecule has 8 aromatic carbocycles. The van der Waals surface area contributed by atoms with Gasteiger partial charge in [0, 0.05) is 128 Å². The summed E-state index contributed by atoms with van der Waals surface area (Å²) in [5.74, 6) is 0.220. The number of carbonyl (C=O) groups excluding carboxylic acids is 5. The summed E-state index contributed by atoms with van der Waals surface area (Å²) in [6, 6.07) is 65.6. The van der Waals surface area contributed by atoms with Gasteiger partial charge in [0.1, 0.15) is 12.4 Å². The van der Waals surface area contributed by atoms with Crippen LogP contribution in [-0.2, 0) is 9.23 Å². The van der Waals surface area contributed by atoms with E-state index in [0.29, 0.717) is 48.4 Å². The van der Waals surface area contributed by atoms with E-state index in [-0.39, 0.29) is 89.9 Å². The largest absolute Gasteiger partial charge is 2.00 e. The molecule has 3 unspecified atom stereocenters. The first-order chi connectivity index (χ1) is 46.6. The molecule has 1 saturated heterocycles. The smallest absolute Gasteiger partial charge is 1.00 e. The first kappa shape index (κ1) is 94.5. The van der Waals surface area contributed by atoms with Gasteiger partial charge < -0.3 is 47.0 Å². The van der Waals surface area contributed by atoms with Gasteiger partial charge >= 0.3 is 23.1 Å². The van der Waals surface area contributed by atoms with Crippen LogP contribution in [0.4, 0.5) is 0 Å². The van der Waals surface area contributed by atoms with Crippen molar-refractivity contribution in [1.82, 2.24) is 29.8 Å². The molecule has 0 aromatic heterocycles. The predicted molar refractivity (Wildman–Crippen MR) is 421 cm³/mol. The van der Waals surface area contributed by atoms with Gasteiger partial charge in [-0.15, -0.1) is 11.6 Å². The second kappa shape index (κ2) is 51.6. The zero-order valence-corrected chi connectivity index (χ0v) is 65.6. The van der Waals surface area contributed by atoms with Crippen LogP contribution in [0.25, 0.3) is 0 Å². The number of nitrogens with one attached hydrogen (secondary N) is 1. The van der Waals surface area contributed by atoms with Crippen LogP contribution in [0, 0.1) is 33.8 Å². The van der Waals surface area contributed by atoms with Crippen molar-refractivity contribution >= 4 is 95.2 Å². The van der Waals surface area contributed by atoms with Crippen molar-refractivity contribution in [2.75, 3.05) is 78.5 Å². The maximum atomic E-state index is 12.6. The molecule has 8 aromatic rings. The summed E-state index contributed by atoms with van der Waals surface area (Å²) in [5, 5.41) is 13.7. The number of nitrogens with zero attached hydrogens (tertiary/aromatic N) is 5. The number of amides is 4. The molecular formula is C82H106BrCl3MgN6O7S. The molecule has 0 radical (unpaired) electrons. The number of alkyl halides is 1. The van der Waals surface area contributed by atoms with Gasteiger partial charge in [-0.1, -0.05) is 160 Å². The number of aliphatic hydroxyl groups is 1. The standard InChI is InChI=1S/C23H31N3O.C19H22ClNO.C19H23NO2.C12H15NO2.C7H7.2CH4.BrH.Cl2OS.Mg/c1-4-25(5-2)23(27)20-11-9-19(10-12-20)22(26-15-13-24-14-16-26)21-8-6-7-18(3)17-21;1-4-21(5-2)19(22)16-11-9-15(10-12-16)18(20)17-8-6-7-14(3)13-17;1-4-20(5-2)19(22)16-11-9-15(10-12-16)18(21)17-8-6-7-14(3)13-17;1-3-13(4-2)12(15)11-7-5-10(9-14)6-8-11;1-7-5-3-2-4-6-7;;;;1-4(2)3;/h6-12,17,22,24H,4-5,13-16H2,1-3H3;6-13,18H,4-5H2,1-3H3;6-13,18,21H,4-5H2,1-3H3;5-9H,3-4H2,1-2H3;2-3,5-6H,1H3;2*1H4;1H;;/q;;;;-1;;;;;+2/p-1. The molecule has 19 heteroatoms. The van der Waals surface area contributed by atoms with Crippen molar-refractivity contribution in [3.05, 3.63) is 284 Å². The molecule has 13 nitrogen and oxygen atoms in total. The van der Waals surface area contributed by atoms with Gasteiger partial charge in [-0.3, -0.25) is 28.9 Å². The molecule has 1 aliphatic heterocycles. The molecule has 0 saturated carbocycles. The molecule has 0 aliphatic carbocycles. The normalized spacial score (nSPS) is 11.9. The van der Waals surface area contributed by atoms with Crippen LogP contribution in [0.1, 0.15) is 195 Å². The minimum Gasteiger partial charge on any atom is -1.00 e. The van der Waals surface area contributed by atoms with Crippen molar-refractivity contribution in [3.8, 4) is 0 Å². The molecule has 542 valence electrons. The third-order valence-electron chi connectivity index (χ3n) is 16.3. The quantitative estimate of drug-likeness (QED) is 0.0250. The first-order valence-corrected chi connectivity index (χ1v) is 36.5. The van der Waals surface area contributed by atoms with E-state index in [0.717, 1.165) is 92.0 Å². The van der Waals surface area contributed by atoms with Gasteiger partial charge in [-0.05, 0) is 158 Å². The summed E-state index contributed by atoms with van der Waals surface area (Å²) >= 11 is 6.56. The minimum absolute atomic E-state index is 0. The second-order valence-corrected chi connectivity index (χ2v) is 25.9. The summed E-state index contributed by atoms with van der Waals surface area (Å²) in [5.41, 5.74) is 14.5. The van der Waals surface area contributed by atoms with E-state index in [1.54, 1.807) is 46.2 Å². The van der Waals surface area contributed by atoms with E-state index in [9.17, 15) is 29.1 Å². The fraction of sp³-hybridized carbons (Fsp3) is 0.354. The second-order valence-electron chi connectivity index (χ2n) is 23.0. The van der Waals surface area contributed by atoms with Crippen molar-refractivity contribution in [2.24, 2.45) is 0 Å². The Morgan fingerprint density at radius 1 is 0.485 bits per heavy atom. The Hall–Kier alpha value is -6.54. The SMILES string of the molecule is C.C.CCN(CC)C(=O)c1ccc(C(Cl)c2cccc(C)c2)cc1.CCN(CC)C(=O)c1ccc(C(O)c2cccc(C)c2)cc1.CCN(CC)C(=O)c1ccc(C(c2cccc(C)c2)N2CCNCC2)cc1.CCN(CC)C(=O)c1ccc(C=O)cc1.Cc1c[c-]ccc1.O=S(Cl)Cl.[Br-].[Mg+2]. The van der Waals surface area contributed by atoms with E-state index in [1.165, 1.54) is 27.8 Å². The molecule has 1 fully saturated rings. The molecule has 0 spiro atoms. The molecule has 4 amide bonds. The molecule has 0 bridgehead atoms. The van der Waals surface area contributed by atoms with Gasteiger partial charge in [0.25, 0.3) is 23.6 Å². The number of aryl methyl sites for hydroxylation is 4. The van der Waals surface area contributed by atoms with Gasteiger partial charge in [-0.25, -0.2) is 4.21 Å². The number of hydrogen-bond donors (Lipinski definition) is 2. The fourth-order valence-corrected chi connectivity index (χ4v) is 11.1. The Morgan fingerprint density at radius 2 is 0.802 bits per heavy atom. The van der Waals surface area contributed by atoms with Gasteiger partial charge in [-0.2, -0.15) is 35.9 Å². The van der Waals surface area contributed by atoms with Crippen molar-refractivity contribution in [3.63, 3.8) is 0 Å². The Kier molecular flexibility index (Phi) is 48.2. The predicted octanol–water partition coefficient (Wildman–Crippen LogP) is 14.5. The number of aliphatic hydroxyl groups excluding tert-OH is 1. The third kappa shape index (κ3) is 31.5. The number of carbonyl (C=O) groups is 5. The van der Waals surface area contributed by atoms with E-state index in [2.05, 4.69) is 113 Å². The van der Waals surface area contributed by atoms with Gasteiger partial charge in [0.05, 0.1) is 11.4 Å². The summed E-state index contributed by atoms with van der Waals surface area (Å²) in [7, 11) is 7.36. The Morgan fingerprint density at radius 3 is 1.13 bits per heavy atom. The molecule has 2 N–H and O–H groups in total. The van der Waals surface area contributed by atoms with Crippen molar-refractivity contribution in [2.45, 2.75) is 115 Å². The van der Waals surface area contributed by atoms with Gasteiger partial charge in [0.15, 0.2) is 0 Å². The number of aldehydes is 1. The molecule has 1 heterocycles. The summed E-state index contributed by atoms with van der Waals surface area (Å²) in [6.07, 6.45) is 0.101. The fourth-order valence-electron chi connectivity index (χ4n) is 10.8. The van der Waals surface area contributed by atoms with Crippen LogP contribution >= 0.6 is 33.0 Å². The summed E-state index contributed by atoms with van der Waals surface area (Å²) < 4.78 is 9.09. The van der Waals surface area contributed by atoms with E-state index < -0.39 is 15.3 Å². The summed E-state index contributed by atoms with van der Waals surface area (Å²) in [6.45, 7) is 33.9. The molecule has 3 atom stereocenters. The number of rotatable bonds is 20. The van der Waals surface area contributed by atoms with E-state index in [1.807, 2.05) is 175 Å². The van der Waals surface area contributed by atoms with Crippen LogP contribution in [0.5, 0.6) is 0 Å². The monoisotopic (exact) mass is 1530 g/mol. The number of hydrogen-bond acceptors (Lipinski definition) is 9. The van der Waals surface area contributed by atoms with Crippen LogP contribution in [-0.4, -0.2) is 165 Å². The Bertz CT molecular complexity index is 3550. The maximum Gasteiger partial charge on any atom is 2.00 e. The number of halogens is 4. The molecular weight excluding hydrogens is 1420 g/mol. The molecule has 101 heavy (non-hydrogen) atoms. The zero-order valence-electron chi connectivity index (χ0n) is 59.5. The molecule has 1 aliphatic rings. The zero-order chi connectivity index (χ0) is 71.4. The first-order valence-electron chi connectivity index (χ1n) is 33.3.